The van der Waals surface area contributed by atoms with Crippen LogP contribution in [0.5, 0.6) is 0 Å². The lowest BCUT2D eigenvalue weighted by molar-refractivity contribution is 0.721. The maximum atomic E-state index is 9.88. The van der Waals surface area contributed by atoms with Crippen molar-refractivity contribution in [1.29, 1.82) is 5.26 Å². The Bertz CT molecular complexity index is 1460. The predicted molar refractivity (Wildman–Crippen MR) is 146 cm³/mol. The highest BCUT2D eigenvalue weighted by atomic mass is 35.5. The Morgan fingerprint density at radius 3 is 2.56 bits per heavy atom. The molecular weight excluding hydrogens is 491 g/mol. The number of anilines is 4. The number of nitriles is 1. The normalized spacial score (nSPS) is 13.6. The molecule has 1 aromatic heterocycles. The molecule has 4 aromatic rings. The molecule has 0 bridgehead atoms. The zero-order valence-electron chi connectivity index (χ0n) is 19.7. The molecule has 3 N–H and O–H groups in total. The largest absolute Gasteiger partial charge is 0.393 e. The third-order valence-corrected chi connectivity index (χ3v) is 7.11. The first-order chi connectivity index (χ1) is 17.4. The van der Waals surface area contributed by atoms with Gasteiger partial charge in [-0.25, -0.2) is 9.97 Å². The van der Waals surface area contributed by atoms with E-state index in [1.807, 2.05) is 31.2 Å². The number of aromatic nitrogens is 2. The van der Waals surface area contributed by atoms with Gasteiger partial charge in [0.15, 0.2) is 11.6 Å². The van der Waals surface area contributed by atoms with Gasteiger partial charge in [-0.2, -0.15) is 5.26 Å². The van der Waals surface area contributed by atoms with E-state index in [1.54, 1.807) is 12.1 Å². The van der Waals surface area contributed by atoms with Crippen LogP contribution in [0, 0.1) is 18.3 Å². The summed E-state index contributed by atoms with van der Waals surface area (Å²) in [6.45, 7) is 3.53. The lowest BCUT2D eigenvalue weighted by Crippen LogP contribution is -2.31. The van der Waals surface area contributed by atoms with Crippen LogP contribution in [0.4, 0.5) is 23.0 Å². The van der Waals surface area contributed by atoms with E-state index in [0.717, 1.165) is 41.9 Å². The second-order valence-electron chi connectivity index (χ2n) is 8.83. The van der Waals surface area contributed by atoms with Crippen molar-refractivity contribution in [2.45, 2.75) is 25.8 Å². The first-order valence-electron chi connectivity index (χ1n) is 11.6. The van der Waals surface area contributed by atoms with Crippen LogP contribution >= 0.6 is 23.2 Å². The molecule has 3 aromatic carbocycles. The maximum absolute atomic E-state index is 9.88. The second-order valence-corrected chi connectivity index (χ2v) is 9.67. The average Bonchev–Trinajstić information content (AvgIpc) is 2.89. The van der Waals surface area contributed by atoms with Crippen molar-refractivity contribution in [3.63, 3.8) is 0 Å². The van der Waals surface area contributed by atoms with E-state index in [1.165, 1.54) is 17.5 Å². The Morgan fingerprint density at radius 2 is 1.81 bits per heavy atom. The quantitative estimate of drug-likeness (QED) is 0.310. The van der Waals surface area contributed by atoms with Crippen molar-refractivity contribution in [2.24, 2.45) is 0 Å². The molecule has 1 unspecified atom stereocenters. The molecule has 2 heterocycles. The molecule has 0 spiro atoms. The van der Waals surface area contributed by atoms with Gasteiger partial charge in [0.2, 0.25) is 0 Å². The fourth-order valence-electron chi connectivity index (χ4n) is 4.58. The molecule has 1 aliphatic rings. The number of fused-ring (bicyclic) bond motifs is 1. The minimum atomic E-state index is -0.514. The summed E-state index contributed by atoms with van der Waals surface area (Å²) in [5.41, 5.74) is 12.9. The minimum absolute atomic E-state index is 0.477. The van der Waals surface area contributed by atoms with Gasteiger partial charge in [-0.05, 0) is 59.4 Å². The van der Waals surface area contributed by atoms with Crippen molar-refractivity contribution in [3.05, 3.63) is 105 Å². The van der Waals surface area contributed by atoms with Crippen LogP contribution in [-0.2, 0) is 13.0 Å². The van der Waals surface area contributed by atoms with Crippen LogP contribution in [0.25, 0.3) is 0 Å². The summed E-state index contributed by atoms with van der Waals surface area (Å²) in [6.07, 6.45) is 2.46. The zero-order valence-corrected chi connectivity index (χ0v) is 21.2. The number of aryl methyl sites for hydroxylation is 1. The third kappa shape index (κ3) is 4.68. The number of benzene rings is 3. The third-order valence-electron chi connectivity index (χ3n) is 6.53. The highest BCUT2D eigenvalue weighted by Gasteiger charge is 2.22. The van der Waals surface area contributed by atoms with E-state index >= 15 is 0 Å². The molecule has 0 aliphatic carbocycles. The van der Waals surface area contributed by atoms with Crippen molar-refractivity contribution < 1.29 is 0 Å². The van der Waals surface area contributed by atoms with Crippen LogP contribution in [0.1, 0.15) is 33.7 Å². The van der Waals surface area contributed by atoms with E-state index in [9.17, 15) is 5.26 Å². The second kappa shape index (κ2) is 10.1. The van der Waals surface area contributed by atoms with Crippen LogP contribution in [0.15, 0.2) is 67.0 Å². The Hall–Kier alpha value is -3.79. The molecule has 0 radical (unpaired) electrons. The Kier molecular flexibility index (Phi) is 6.69. The zero-order chi connectivity index (χ0) is 25.2. The number of nitrogens with two attached hydrogens (primary N) is 1. The van der Waals surface area contributed by atoms with Gasteiger partial charge in [0.1, 0.15) is 12.0 Å². The molecule has 1 atom stereocenters. The monoisotopic (exact) mass is 514 g/mol. The van der Waals surface area contributed by atoms with Gasteiger partial charge >= 0.3 is 0 Å². The molecule has 180 valence electrons. The topological polar surface area (TPSA) is 90.9 Å². The van der Waals surface area contributed by atoms with Gasteiger partial charge in [-0.15, -0.1) is 0 Å². The summed E-state index contributed by atoms with van der Waals surface area (Å²) in [5, 5.41) is 14.3. The van der Waals surface area contributed by atoms with E-state index in [0.29, 0.717) is 27.4 Å². The minimum Gasteiger partial charge on any atom is -0.393 e. The van der Waals surface area contributed by atoms with Crippen LogP contribution in [0.3, 0.4) is 0 Å². The molecule has 36 heavy (non-hydrogen) atoms. The summed E-state index contributed by atoms with van der Waals surface area (Å²) < 4.78 is 0. The smallest absolute Gasteiger partial charge is 0.159 e. The number of nitrogens with zero attached hydrogens (tertiary/aromatic N) is 4. The van der Waals surface area contributed by atoms with Gasteiger partial charge in [0, 0.05) is 28.8 Å². The molecule has 8 heteroatoms. The van der Waals surface area contributed by atoms with E-state index in [2.05, 4.69) is 50.5 Å². The van der Waals surface area contributed by atoms with Gasteiger partial charge in [-0.1, -0.05) is 65.7 Å². The molecule has 0 saturated heterocycles. The van der Waals surface area contributed by atoms with Gasteiger partial charge in [0.25, 0.3) is 0 Å². The van der Waals surface area contributed by atoms with Crippen molar-refractivity contribution >= 4 is 46.2 Å². The maximum Gasteiger partial charge on any atom is 0.159 e. The van der Waals surface area contributed by atoms with E-state index < -0.39 is 5.92 Å². The van der Waals surface area contributed by atoms with Gasteiger partial charge in [-0.3, -0.25) is 0 Å². The van der Waals surface area contributed by atoms with Crippen LogP contribution in [-0.4, -0.2) is 16.5 Å². The first-order valence-corrected chi connectivity index (χ1v) is 12.3. The lowest BCUT2D eigenvalue weighted by atomic mass is 9.91. The fraction of sp³-hybridized carbons (Fsp3) is 0.179. The number of rotatable bonds is 5. The molecular formula is C28H24Cl2N6. The number of nitrogens with one attached hydrogen (secondary N) is 1. The van der Waals surface area contributed by atoms with Crippen molar-refractivity contribution in [3.8, 4) is 6.07 Å². The Morgan fingerprint density at radius 1 is 1.06 bits per heavy atom. The van der Waals surface area contributed by atoms with Crippen molar-refractivity contribution in [2.75, 3.05) is 22.5 Å². The number of halogens is 2. The molecule has 1 aliphatic heterocycles. The summed E-state index contributed by atoms with van der Waals surface area (Å²) >= 11 is 12.7. The molecule has 0 fully saturated rings. The summed E-state index contributed by atoms with van der Waals surface area (Å²) in [5.74, 6) is 0.704. The van der Waals surface area contributed by atoms with Crippen LogP contribution in [0.2, 0.25) is 10.0 Å². The number of hydrogen-bond donors (Lipinski definition) is 2. The molecule has 6 nitrogen and oxygen atoms in total. The summed E-state index contributed by atoms with van der Waals surface area (Å²) in [4.78, 5) is 11.1. The standard InChI is InChI=1S/C28H24Cl2N6/c1-17-12-22(23(14-31)19-6-8-21(29)9-7-19)24(30)13-25(17)35-27-26(32)28(34-16-33-27)36-11-10-18-4-2-3-5-20(18)15-36/h2-9,12-13,16,23H,10-11,15,32H2,1H3,(H,33,34,35). The summed E-state index contributed by atoms with van der Waals surface area (Å²) in [7, 11) is 0. The first kappa shape index (κ1) is 23.9. The van der Waals surface area contributed by atoms with Crippen molar-refractivity contribution in [1.82, 2.24) is 9.97 Å². The van der Waals surface area contributed by atoms with E-state index in [-0.39, 0.29) is 0 Å². The Balaban J connectivity index is 1.42. The van der Waals surface area contributed by atoms with Gasteiger partial charge in [0.05, 0.1) is 12.0 Å². The summed E-state index contributed by atoms with van der Waals surface area (Å²) in [6, 6.07) is 21.8. The average molecular weight is 515 g/mol. The molecule has 0 amide bonds. The SMILES string of the molecule is Cc1cc(C(C#N)c2ccc(Cl)cc2)c(Cl)cc1Nc1ncnc(N2CCc3ccccc3C2)c1N. The fourth-order valence-corrected chi connectivity index (χ4v) is 4.98. The molecule has 5 rings (SSSR count). The molecule has 0 saturated carbocycles. The van der Waals surface area contributed by atoms with Crippen LogP contribution < -0.4 is 16.0 Å². The number of nitrogen functional groups attached to an aromatic ring is 1. The highest BCUT2D eigenvalue weighted by Crippen LogP contribution is 2.37. The van der Waals surface area contributed by atoms with Gasteiger partial charge < -0.3 is 16.0 Å². The number of hydrogen-bond acceptors (Lipinski definition) is 6. The predicted octanol–water partition coefficient (Wildman–Crippen LogP) is 6.64. The lowest BCUT2D eigenvalue weighted by Gasteiger charge is -2.30. The Labute approximate surface area is 220 Å². The highest BCUT2D eigenvalue weighted by molar-refractivity contribution is 6.32. The van der Waals surface area contributed by atoms with E-state index in [4.69, 9.17) is 28.9 Å².